The van der Waals surface area contributed by atoms with E-state index in [-0.39, 0.29) is 10.8 Å². The van der Waals surface area contributed by atoms with Crippen molar-refractivity contribution in [3.05, 3.63) is 96.1 Å². The molecule has 0 aromatic heterocycles. The first-order valence-electron chi connectivity index (χ1n) is 9.05. The predicted molar refractivity (Wildman–Crippen MR) is 111 cm³/mol. The lowest BCUT2D eigenvalue weighted by molar-refractivity contribution is 0.102. The summed E-state index contributed by atoms with van der Waals surface area (Å²) in [6, 6.07) is 24.9. The highest BCUT2D eigenvalue weighted by atomic mass is 32.2. The number of anilines is 1. The van der Waals surface area contributed by atoms with E-state index in [4.69, 9.17) is 0 Å². The normalized spacial score (nSPS) is 11.1. The summed E-state index contributed by atoms with van der Waals surface area (Å²) in [4.78, 5) is 12.4. The number of nitrogens with one attached hydrogen (secondary N) is 2. The SMILES string of the molecule is O=C(Nc1ccccc1)c1ccc(S(=O)(=O)NCCCc2ccccc2)cc1. The molecule has 0 bridgehead atoms. The first kappa shape index (κ1) is 19.8. The zero-order valence-corrected chi connectivity index (χ0v) is 16.2. The smallest absolute Gasteiger partial charge is 0.255 e. The Bertz CT molecular complexity index is 1000. The van der Waals surface area contributed by atoms with Crippen LogP contribution in [0.25, 0.3) is 0 Å². The van der Waals surface area contributed by atoms with E-state index in [2.05, 4.69) is 10.0 Å². The second kappa shape index (κ2) is 9.30. The Hall–Kier alpha value is -2.96. The van der Waals surface area contributed by atoms with Gasteiger partial charge in [-0.25, -0.2) is 13.1 Å². The topological polar surface area (TPSA) is 75.3 Å². The standard InChI is InChI=1S/C22H22N2O3S/c25-22(24-20-11-5-2-6-12-20)19-13-15-21(16-14-19)28(26,27)23-17-7-10-18-8-3-1-4-9-18/h1-6,8-9,11-16,23H,7,10,17H2,(H,24,25). The lowest BCUT2D eigenvalue weighted by Gasteiger charge is -2.08. The van der Waals surface area contributed by atoms with E-state index < -0.39 is 10.0 Å². The summed E-state index contributed by atoms with van der Waals surface area (Å²) in [7, 11) is -3.60. The minimum atomic E-state index is -3.60. The minimum absolute atomic E-state index is 0.142. The van der Waals surface area contributed by atoms with Crippen LogP contribution in [0.5, 0.6) is 0 Å². The third-order valence-electron chi connectivity index (χ3n) is 4.24. The van der Waals surface area contributed by atoms with E-state index >= 15 is 0 Å². The molecule has 0 heterocycles. The van der Waals surface area contributed by atoms with Gasteiger partial charge in [-0.05, 0) is 54.8 Å². The molecule has 0 aliphatic carbocycles. The fourth-order valence-electron chi connectivity index (χ4n) is 2.74. The maximum atomic E-state index is 12.4. The predicted octanol–water partition coefficient (Wildman–Crippen LogP) is 3.85. The van der Waals surface area contributed by atoms with Crippen LogP contribution in [-0.2, 0) is 16.4 Å². The molecule has 3 aromatic carbocycles. The number of aryl methyl sites for hydroxylation is 1. The van der Waals surface area contributed by atoms with Crippen molar-refractivity contribution < 1.29 is 13.2 Å². The molecule has 2 N–H and O–H groups in total. The molecule has 0 saturated carbocycles. The van der Waals surface area contributed by atoms with Gasteiger partial charge in [0.2, 0.25) is 10.0 Å². The van der Waals surface area contributed by atoms with E-state index in [0.717, 1.165) is 6.42 Å². The molecule has 0 spiro atoms. The van der Waals surface area contributed by atoms with Gasteiger partial charge in [-0.1, -0.05) is 48.5 Å². The van der Waals surface area contributed by atoms with Crippen molar-refractivity contribution in [2.24, 2.45) is 0 Å². The van der Waals surface area contributed by atoms with Crippen LogP contribution in [0.4, 0.5) is 5.69 Å². The fourth-order valence-corrected chi connectivity index (χ4v) is 3.81. The van der Waals surface area contributed by atoms with Gasteiger partial charge in [0.25, 0.3) is 5.91 Å². The Labute approximate surface area is 165 Å². The molecule has 1 amide bonds. The van der Waals surface area contributed by atoms with Crippen LogP contribution < -0.4 is 10.0 Å². The number of amides is 1. The molecule has 144 valence electrons. The van der Waals surface area contributed by atoms with E-state index in [1.807, 2.05) is 48.5 Å². The van der Waals surface area contributed by atoms with Crippen molar-refractivity contribution in [2.45, 2.75) is 17.7 Å². The van der Waals surface area contributed by atoms with Gasteiger partial charge in [-0.3, -0.25) is 4.79 Å². The van der Waals surface area contributed by atoms with Gasteiger partial charge in [0.1, 0.15) is 0 Å². The molecular weight excluding hydrogens is 372 g/mol. The molecule has 0 saturated heterocycles. The molecule has 0 radical (unpaired) electrons. The highest BCUT2D eigenvalue weighted by molar-refractivity contribution is 7.89. The van der Waals surface area contributed by atoms with Gasteiger partial charge >= 0.3 is 0 Å². The number of sulfonamides is 1. The van der Waals surface area contributed by atoms with Crippen molar-refractivity contribution in [1.82, 2.24) is 4.72 Å². The van der Waals surface area contributed by atoms with Crippen molar-refractivity contribution >= 4 is 21.6 Å². The fraction of sp³-hybridized carbons (Fsp3) is 0.136. The number of benzene rings is 3. The second-order valence-electron chi connectivity index (χ2n) is 6.33. The number of rotatable bonds is 8. The van der Waals surface area contributed by atoms with Gasteiger partial charge in [0.05, 0.1) is 4.90 Å². The molecule has 28 heavy (non-hydrogen) atoms. The minimum Gasteiger partial charge on any atom is -0.322 e. The van der Waals surface area contributed by atoms with Gasteiger partial charge in [-0.15, -0.1) is 0 Å². The van der Waals surface area contributed by atoms with Gasteiger partial charge in [0, 0.05) is 17.8 Å². The summed E-state index contributed by atoms with van der Waals surface area (Å²) < 4.78 is 27.4. The van der Waals surface area contributed by atoms with E-state index in [1.165, 1.54) is 29.8 Å². The Morgan fingerprint density at radius 3 is 2.04 bits per heavy atom. The third kappa shape index (κ3) is 5.52. The average Bonchev–Trinajstić information content (AvgIpc) is 2.73. The number of hydrogen-bond donors (Lipinski definition) is 2. The zero-order valence-electron chi connectivity index (χ0n) is 15.3. The van der Waals surface area contributed by atoms with Gasteiger partial charge < -0.3 is 5.32 Å². The molecule has 5 nitrogen and oxygen atoms in total. The molecular formula is C22H22N2O3S. The Morgan fingerprint density at radius 2 is 1.39 bits per heavy atom. The molecule has 0 aliphatic rings. The number of carbonyl (C=O) groups excluding carboxylic acids is 1. The van der Waals surface area contributed by atoms with Crippen molar-refractivity contribution in [3.8, 4) is 0 Å². The number of hydrogen-bond acceptors (Lipinski definition) is 3. The van der Waals surface area contributed by atoms with E-state index in [9.17, 15) is 13.2 Å². The molecule has 0 aliphatic heterocycles. The average molecular weight is 394 g/mol. The zero-order chi connectivity index (χ0) is 19.8. The Balaban J connectivity index is 1.54. The monoisotopic (exact) mass is 394 g/mol. The Morgan fingerprint density at radius 1 is 0.786 bits per heavy atom. The highest BCUT2D eigenvalue weighted by Gasteiger charge is 2.14. The lowest BCUT2D eigenvalue weighted by atomic mass is 10.1. The molecule has 0 atom stereocenters. The van der Waals surface area contributed by atoms with Gasteiger partial charge in [0.15, 0.2) is 0 Å². The molecule has 3 aromatic rings. The van der Waals surface area contributed by atoms with Crippen molar-refractivity contribution in [2.75, 3.05) is 11.9 Å². The summed E-state index contributed by atoms with van der Waals surface area (Å²) in [5, 5.41) is 2.77. The third-order valence-corrected chi connectivity index (χ3v) is 5.71. The van der Waals surface area contributed by atoms with Crippen molar-refractivity contribution in [1.29, 1.82) is 0 Å². The summed E-state index contributed by atoms with van der Waals surface area (Å²) in [6.45, 7) is 0.355. The first-order chi connectivity index (χ1) is 13.5. The van der Waals surface area contributed by atoms with Gasteiger partial charge in [-0.2, -0.15) is 0 Å². The summed E-state index contributed by atoms with van der Waals surface area (Å²) in [6.07, 6.45) is 1.52. The van der Waals surface area contributed by atoms with Crippen LogP contribution >= 0.6 is 0 Å². The van der Waals surface area contributed by atoms with Crippen molar-refractivity contribution in [3.63, 3.8) is 0 Å². The number of para-hydroxylation sites is 1. The maximum Gasteiger partial charge on any atom is 0.255 e. The molecule has 0 unspecified atom stereocenters. The summed E-state index contributed by atoms with van der Waals surface area (Å²) >= 11 is 0. The first-order valence-corrected chi connectivity index (χ1v) is 10.5. The largest absolute Gasteiger partial charge is 0.322 e. The van der Waals surface area contributed by atoms with Crippen LogP contribution in [0.3, 0.4) is 0 Å². The maximum absolute atomic E-state index is 12.4. The van der Waals surface area contributed by atoms with Crippen LogP contribution in [0.2, 0.25) is 0 Å². The highest BCUT2D eigenvalue weighted by Crippen LogP contribution is 2.13. The number of carbonyl (C=O) groups is 1. The van der Waals surface area contributed by atoms with Crippen LogP contribution in [-0.4, -0.2) is 20.9 Å². The lowest BCUT2D eigenvalue weighted by Crippen LogP contribution is -2.25. The van der Waals surface area contributed by atoms with Crippen LogP contribution in [0.15, 0.2) is 89.8 Å². The van der Waals surface area contributed by atoms with Crippen LogP contribution in [0.1, 0.15) is 22.3 Å². The second-order valence-corrected chi connectivity index (χ2v) is 8.10. The van der Waals surface area contributed by atoms with Crippen LogP contribution in [0, 0.1) is 0 Å². The van der Waals surface area contributed by atoms with E-state index in [1.54, 1.807) is 12.1 Å². The Kier molecular flexibility index (Phi) is 6.57. The van der Waals surface area contributed by atoms with E-state index in [0.29, 0.717) is 24.2 Å². The quantitative estimate of drug-likeness (QED) is 0.570. The molecule has 3 rings (SSSR count). The summed E-state index contributed by atoms with van der Waals surface area (Å²) in [5.74, 6) is -0.286. The molecule has 6 heteroatoms. The molecule has 0 fully saturated rings. The summed E-state index contributed by atoms with van der Waals surface area (Å²) in [5.41, 5.74) is 2.26.